The number of ether oxygens (including phenoxy) is 2. The van der Waals surface area contributed by atoms with E-state index in [-0.39, 0.29) is 11.9 Å². The first-order valence-electron chi connectivity index (χ1n) is 8.92. The van der Waals surface area contributed by atoms with E-state index in [0.717, 1.165) is 16.5 Å². The van der Waals surface area contributed by atoms with Gasteiger partial charge in [-0.15, -0.1) is 0 Å². The Hall–Kier alpha value is -2.34. The number of Topliss-reactive ketones (excluding diaryl/α,β-unsaturated/α-hetero) is 1. The van der Waals surface area contributed by atoms with Crippen molar-refractivity contribution in [2.75, 3.05) is 13.7 Å². The summed E-state index contributed by atoms with van der Waals surface area (Å²) in [4.78, 5) is 27.1. The number of nitrogens with zero attached hydrogens (tertiary/aromatic N) is 2. The number of hydrogen-bond donors (Lipinski definition) is 0. The van der Waals surface area contributed by atoms with Crippen LogP contribution in [0.15, 0.2) is 24.3 Å². The molecular weight excluding hydrogens is 332 g/mol. The average Bonchev–Trinajstić information content (AvgIpc) is 2.84. The molecule has 0 bridgehead atoms. The minimum absolute atomic E-state index is 0.0945. The summed E-state index contributed by atoms with van der Waals surface area (Å²) < 4.78 is 12.8. The van der Waals surface area contributed by atoms with Crippen molar-refractivity contribution < 1.29 is 19.1 Å². The number of rotatable bonds is 2. The second-order valence-corrected chi connectivity index (χ2v) is 7.62. The maximum Gasteiger partial charge on any atom is 0.410 e. The van der Waals surface area contributed by atoms with E-state index >= 15 is 0 Å². The number of carbonyl (C=O) groups is 2. The van der Waals surface area contributed by atoms with Gasteiger partial charge in [-0.25, -0.2) is 4.79 Å². The molecule has 1 aromatic carbocycles. The van der Waals surface area contributed by atoms with Gasteiger partial charge in [-0.3, -0.25) is 4.79 Å². The van der Waals surface area contributed by atoms with Gasteiger partial charge in [-0.1, -0.05) is 18.2 Å². The highest BCUT2D eigenvalue weighted by molar-refractivity contribution is 6.03. The van der Waals surface area contributed by atoms with Crippen molar-refractivity contribution in [1.29, 1.82) is 0 Å². The molecule has 6 heteroatoms. The van der Waals surface area contributed by atoms with Crippen LogP contribution in [0.2, 0.25) is 0 Å². The van der Waals surface area contributed by atoms with Gasteiger partial charge in [0.1, 0.15) is 12.3 Å². The topological polar surface area (TPSA) is 60.8 Å². The molecule has 3 rings (SSSR count). The van der Waals surface area contributed by atoms with Gasteiger partial charge in [0.05, 0.1) is 17.8 Å². The minimum Gasteiger partial charge on any atom is -0.444 e. The van der Waals surface area contributed by atoms with E-state index < -0.39 is 5.60 Å². The van der Waals surface area contributed by atoms with Crippen LogP contribution in [-0.4, -0.2) is 40.6 Å². The number of amides is 1. The van der Waals surface area contributed by atoms with Crippen molar-refractivity contribution in [3.63, 3.8) is 0 Å². The van der Waals surface area contributed by atoms with Crippen molar-refractivity contribution in [3.8, 4) is 0 Å². The molecule has 1 aromatic heterocycles. The monoisotopic (exact) mass is 358 g/mol. The number of ketones is 1. The molecule has 1 amide bonds. The molecule has 0 saturated heterocycles. The van der Waals surface area contributed by atoms with E-state index in [9.17, 15) is 9.59 Å². The lowest BCUT2D eigenvalue weighted by Crippen LogP contribution is -2.38. The third-order valence-electron chi connectivity index (χ3n) is 4.43. The van der Waals surface area contributed by atoms with Crippen molar-refractivity contribution in [2.24, 2.45) is 0 Å². The summed E-state index contributed by atoms with van der Waals surface area (Å²) in [6.45, 7) is 6.72. The maximum absolute atomic E-state index is 12.8. The summed E-state index contributed by atoms with van der Waals surface area (Å²) in [6.07, 6.45) is 0.666. The molecule has 0 atom stereocenters. The van der Waals surface area contributed by atoms with Crippen molar-refractivity contribution >= 4 is 22.8 Å². The quantitative estimate of drug-likeness (QED) is 0.815. The zero-order chi connectivity index (χ0) is 18.9. The highest BCUT2D eigenvalue weighted by Gasteiger charge is 2.29. The van der Waals surface area contributed by atoms with Crippen molar-refractivity contribution in [1.82, 2.24) is 9.47 Å². The molecule has 0 saturated carbocycles. The van der Waals surface area contributed by atoms with Crippen LogP contribution < -0.4 is 0 Å². The molecule has 0 spiro atoms. The van der Waals surface area contributed by atoms with Gasteiger partial charge < -0.3 is 18.9 Å². The molecule has 0 aliphatic carbocycles. The largest absolute Gasteiger partial charge is 0.444 e. The van der Waals surface area contributed by atoms with E-state index in [0.29, 0.717) is 38.4 Å². The summed E-state index contributed by atoms with van der Waals surface area (Å²) in [7, 11) is 1.61. The summed E-state index contributed by atoms with van der Waals surface area (Å²) in [5, 5.41) is 0.975. The van der Waals surface area contributed by atoms with Gasteiger partial charge >= 0.3 is 6.09 Å². The molecule has 1 aliphatic rings. The van der Waals surface area contributed by atoms with Gasteiger partial charge in [0.2, 0.25) is 0 Å². The lowest BCUT2D eigenvalue weighted by Gasteiger charge is -2.28. The Labute approximate surface area is 153 Å². The van der Waals surface area contributed by atoms with Gasteiger partial charge in [-0.2, -0.15) is 0 Å². The van der Waals surface area contributed by atoms with Crippen LogP contribution in [0.4, 0.5) is 4.79 Å². The number of para-hydroxylation sites is 1. The van der Waals surface area contributed by atoms with Gasteiger partial charge in [0, 0.05) is 31.0 Å². The Kier molecular flexibility index (Phi) is 5.05. The molecule has 6 nitrogen and oxygen atoms in total. The number of carbonyl (C=O) groups excluding carboxylic acids is 2. The third-order valence-corrected chi connectivity index (χ3v) is 4.43. The molecule has 1 aliphatic heterocycles. The average molecular weight is 358 g/mol. The highest BCUT2D eigenvalue weighted by atomic mass is 16.6. The lowest BCUT2D eigenvalue weighted by molar-refractivity contribution is 0.0225. The van der Waals surface area contributed by atoms with E-state index in [1.165, 1.54) is 0 Å². The van der Waals surface area contributed by atoms with Crippen LogP contribution in [-0.2, 0) is 22.7 Å². The molecule has 2 heterocycles. The minimum atomic E-state index is -0.553. The van der Waals surface area contributed by atoms with Crippen LogP contribution >= 0.6 is 0 Å². The second kappa shape index (κ2) is 7.11. The van der Waals surface area contributed by atoms with Gasteiger partial charge in [-0.05, 0) is 33.3 Å². The molecular formula is C20H26N2O4. The van der Waals surface area contributed by atoms with E-state index in [1.807, 2.05) is 49.6 Å². The summed E-state index contributed by atoms with van der Waals surface area (Å²) >= 11 is 0. The first-order valence-corrected chi connectivity index (χ1v) is 8.92. The zero-order valence-electron chi connectivity index (χ0n) is 15.9. The molecule has 26 heavy (non-hydrogen) atoms. The lowest BCUT2D eigenvalue weighted by atomic mass is 10.0. The smallest absolute Gasteiger partial charge is 0.410 e. The Bertz CT molecular complexity index is 832. The molecule has 0 radical (unpaired) electrons. The standard InChI is InChI=1S/C20H26N2O4/c1-20(2,3)26-19(24)21-11-7-10-17(23)18-15(12-21)14-8-5-6-9-16(14)22(18)13-25-4/h5-6,8-9H,7,10-13H2,1-4H3. The highest BCUT2D eigenvalue weighted by Crippen LogP contribution is 2.31. The van der Waals surface area contributed by atoms with Crippen molar-refractivity contribution in [2.45, 2.75) is 52.5 Å². The Balaban J connectivity index is 2.08. The maximum atomic E-state index is 12.8. The van der Waals surface area contributed by atoms with Crippen molar-refractivity contribution in [3.05, 3.63) is 35.5 Å². The molecule has 140 valence electrons. The van der Waals surface area contributed by atoms with E-state index in [4.69, 9.17) is 9.47 Å². The third kappa shape index (κ3) is 3.60. The van der Waals surface area contributed by atoms with Gasteiger partial charge in [0.15, 0.2) is 5.78 Å². The van der Waals surface area contributed by atoms with Crippen LogP contribution in [0.3, 0.4) is 0 Å². The molecule has 0 fully saturated rings. The fraction of sp³-hybridized carbons (Fsp3) is 0.500. The fourth-order valence-electron chi connectivity index (χ4n) is 3.42. The Morgan fingerprint density at radius 3 is 2.65 bits per heavy atom. The Morgan fingerprint density at radius 2 is 1.96 bits per heavy atom. The molecule has 0 unspecified atom stereocenters. The summed E-state index contributed by atoms with van der Waals surface area (Å²) in [5.41, 5.74) is 1.90. The number of methoxy groups -OCH3 is 1. The van der Waals surface area contributed by atoms with Crippen LogP contribution in [0.1, 0.15) is 49.7 Å². The summed E-state index contributed by atoms with van der Waals surface area (Å²) in [5.74, 6) is 0.0945. The number of fused-ring (bicyclic) bond motifs is 3. The second-order valence-electron chi connectivity index (χ2n) is 7.62. The first-order chi connectivity index (χ1) is 12.3. The fourth-order valence-corrected chi connectivity index (χ4v) is 3.42. The van der Waals surface area contributed by atoms with Crippen LogP contribution in [0.5, 0.6) is 0 Å². The number of hydrogen-bond acceptors (Lipinski definition) is 4. The normalized spacial score (nSPS) is 15.5. The summed E-state index contributed by atoms with van der Waals surface area (Å²) in [6, 6.07) is 7.85. The molecule has 0 N–H and O–H groups in total. The predicted octanol–water partition coefficient (Wildman–Crippen LogP) is 3.96. The number of aromatic nitrogens is 1. The number of benzene rings is 1. The van der Waals surface area contributed by atoms with Crippen LogP contribution in [0.25, 0.3) is 10.9 Å². The van der Waals surface area contributed by atoms with E-state index in [1.54, 1.807) is 12.0 Å². The van der Waals surface area contributed by atoms with Gasteiger partial charge in [0.25, 0.3) is 0 Å². The zero-order valence-corrected chi connectivity index (χ0v) is 15.9. The SMILES string of the molecule is COCn1c2c(c3ccccc31)CN(C(=O)OC(C)(C)C)CCCC2=O. The predicted molar refractivity (Wildman–Crippen MR) is 99.2 cm³/mol. The van der Waals surface area contributed by atoms with Crippen LogP contribution in [0, 0.1) is 0 Å². The Morgan fingerprint density at radius 1 is 1.23 bits per heavy atom. The van der Waals surface area contributed by atoms with E-state index in [2.05, 4.69) is 0 Å². The molecule has 2 aromatic rings. The first kappa shape index (κ1) is 18.5.